The van der Waals surface area contributed by atoms with Gasteiger partial charge in [-0.3, -0.25) is 0 Å². The minimum absolute atomic E-state index is 0.0870. The minimum Gasteiger partial charge on any atom is -0.381 e. The van der Waals surface area contributed by atoms with Gasteiger partial charge in [0.1, 0.15) is 0 Å². The summed E-state index contributed by atoms with van der Waals surface area (Å²) in [6, 6.07) is 6.86. The van der Waals surface area contributed by atoms with E-state index in [1.54, 1.807) is 0 Å². The highest BCUT2D eigenvalue weighted by Crippen LogP contribution is 2.44. The highest BCUT2D eigenvalue weighted by Gasteiger charge is 2.40. The van der Waals surface area contributed by atoms with Gasteiger partial charge in [-0.15, -0.1) is 0 Å². The first-order chi connectivity index (χ1) is 8.20. The van der Waals surface area contributed by atoms with Gasteiger partial charge in [0.2, 0.25) is 0 Å². The maximum absolute atomic E-state index is 6.40. The van der Waals surface area contributed by atoms with E-state index in [1.807, 2.05) is 0 Å². The minimum atomic E-state index is 0.0870. The summed E-state index contributed by atoms with van der Waals surface area (Å²) in [7, 11) is 2.17. The lowest BCUT2D eigenvalue weighted by atomic mass is 9.80. The average Bonchev–Trinajstić information content (AvgIpc) is 2.36. The Labute approximate surface area is 110 Å². The van der Waals surface area contributed by atoms with Crippen molar-refractivity contribution in [3.63, 3.8) is 0 Å². The van der Waals surface area contributed by atoms with Crippen LogP contribution in [0.5, 0.6) is 0 Å². The van der Waals surface area contributed by atoms with Gasteiger partial charge in [0.05, 0.1) is 12.3 Å². The molecule has 3 unspecified atom stereocenters. The number of nitrogens with two attached hydrogens (primary N) is 1. The predicted molar refractivity (Wildman–Crippen MR) is 72.2 cm³/mol. The fourth-order valence-corrected chi connectivity index (χ4v) is 3.80. The number of fused-ring (bicyclic) bond motifs is 2. The fraction of sp³-hybridized carbons (Fsp3) is 0.538. The van der Waals surface area contributed by atoms with Crippen LogP contribution < -0.4 is 10.6 Å². The van der Waals surface area contributed by atoms with Crippen LogP contribution in [0.15, 0.2) is 22.7 Å². The second-order valence-corrected chi connectivity index (χ2v) is 5.76. The van der Waals surface area contributed by atoms with Crippen LogP contribution in [-0.4, -0.2) is 26.3 Å². The van der Waals surface area contributed by atoms with Gasteiger partial charge in [-0.1, -0.05) is 12.1 Å². The Kier molecular flexibility index (Phi) is 2.89. The Bertz CT molecular complexity index is 437. The van der Waals surface area contributed by atoms with Crippen LogP contribution in [0.1, 0.15) is 18.0 Å². The molecule has 3 atom stereocenters. The molecule has 0 radical (unpaired) electrons. The third-order valence-electron chi connectivity index (χ3n) is 4.05. The number of hydrogen-bond acceptors (Lipinski definition) is 3. The Morgan fingerprint density at radius 2 is 2.29 bits per heavy atom. The number of ether oxygens (including phenoxy) is 1. The normalized spacial score (nSPS) is 31.9. The summed E-state index contributed by atoms with van der Waals surface area (Å²) < 4.78 is 6.72. The molecule has 2 aliphatic heterocycles. The third-order valence-corrected chi connectivity index (χ3v) is 4.69. The molecule has 2 aliphatic rings. The first kappa shape index (κ1) is 11.5. The molecule has 0 bridgehead atoms. The predicted octanol–water partition coefficient (Wildman–Crippen LogP) is 2.30. The lowest BCUT2D eigenvalue weighted by molar-refractivity contribution is 0.0272. The second-order valence-electron chi connectivity index (χ2n) is 4.91. The van der Waals surface area contributed by atoms with Crippen molar-refractivity contribution in [3.05, 3.63) is 28.2 Å². The molecule has 4 heteroatoms. The SMILES string of the molecule is CN1c2c(Br)cccc2C(N)C2COCCC21. The van der Waals surface area contributed by atoms with Gasteiger partial charge in [-0.05, 0) is 34.0 Å². The van der Waals surface area contributed by atoms with Gasteiger partial charge >= 0.3 is 0 Å². The van der Waals surface area contributed by atoms with E-state index in [0.717, 1.165) is 24.1 Å². The third kappa shape index (κ3) is 1.70. The summed E-state index contributed by atoms with van der Waals surface area (Å²) in [6.45, 7) is 1.63. The molecule has 1 aromatic carbocycles. The smallest absolute Gasteiger partial charge is 0.0559 e. The van der Waals surface area contributed by atoms with Crippen molar-refractivity contribution in [2.45, 2.75) is 18.5 Å². The van der Waals surface area contributed by atoms with Gasteiger partial charge in [0.25, 0.3) is 0 Å². The highest BCUT2D eigenvalue weighted by atomic mass is 79.9. The molecule has 92 valence electrons. The van der Waals surface area contributed by atoms with Gasteiger partial charge in [-0.2, -0.15) is 0 Å². The molecule has 1 fully saturated rings. The first-order valence-corrected chi connectivity index (χ1v) is 6.84. The Morgan fingerprint density at radius 1 is 1.47 bits per heavy atom. The number of hydrogen-bond donors (Lipinski definition) is 1. The summed E-state index contributed by atoms with van der Waals surface area (Å²) in [4.78, 5) is 2.37. The molecule has 2 N–H and O–H groups in total. The van der Waals surface area contributed by atoms with Crippen LogP contribution in [-0.2, 0) is 4.74 Å². The lowest BCUT2D eigenvalue weighted by Crippen LogP contribution is -2.52. The summed E-state index contributed by atoms with van der Waals surface area (Å²) >= 11 is 3.64. The molecule has 17 heavy (non-hydrogen) atoms. The Balaban J connectivity index is 2.10. The van der Waals surface area contributed by atoms with E-state index < -0.39 is 0 Å². The number of anilines is 1. The van der Waals surface area contributed by atoms with Crippen molar-refractivity contribution in [2.24, 2.45) is 11.7 Å². The van der Waals surface area contributed by atoms with E-state index in [-0.39, 0.29) is 6.04 Å². The maximum atomic E-state index is 6.40. The number of nitrogens with zero attached hydrogens (tertiary/aromatic N) is 1. The summed E-state index contributed by atoms with van der Waals surface area (Å²) in [5.74, 6) is 0.413. The van der Waals surface area contributed by atoms with Crippen LogP contribution in [0, 0.1) is 5.92 Å². The van der Waals surface area contributed by atoms with E-state index in [1.165, 1.54) is 11.3 Å². The zero-order valence-corrected chi connectivity index (χ0v) is 11.5. The highest BCUT2D eigenvalue weighted by molar-refractivity contribution is 9.10. The van der Waals surface area contributed by atoms with E-state index >= 15 is 0 Å². The van der Waals surface area contributed by atoms with Gasteiger partial charge < -0.3 is 15.4 Å². The zero-order valence-electron chi connectivity index (χ0n) is 9.90. The summed E-state index contributed by atoms with van der Waals surface area (Å²) in [5.41, 5.74) is 8.89. The summed E-state index contributed by atoms with van der Waals surface area (Å²) in [5, 5.41) is 0. The van der Waals surface area contributed by atoms with Crippen molar-refractivity contribution in [2.75, 3.05) is 25.2 Å². The van der Waals surface area contributed by atoms with Crippen molar-refractivity contribution in [1.29, 1.82) is 0 Å². The topological polar surface area (TPSA) is 38.5 Å². The van der Waals surface area contributed by atoms with Crippen LogP contribution in [0.2, 0.25) is 0 Å². The maximum Gasteiger partial charge on any atom is 0.0559 e. The number of halogens is 1. The molecule has 0 spiro atoms. The van der Waals surface area contributed by atoms with Crippen LogP contribution in [0.3, 0.4) is 0 Å². The van der Waals surface area contributed by atoms with E-state index in [4.69, 9.17) is 10.5 Å². The Hall–Kier alpha value is -0.580. The zero-order chi connectivity index (χ0) is 12.0. The lowest BCUT2D eigenvalue weighted by Gasteiger charge is -2.47. The molecule has 3 rings (SSSR count). The van der Waals surface area contributed by atoms with Crippen molar-refractivity contribution in [3.8, 4) is 0 Å². The van der Waals surface area contributed by atoms with Gasteiger partial charge in [-0.25, -0.2) is 0 Å². The number of benzene rings is 1. The van der Waals surface area contributed by atoms with Crippen molar-refractivity contribution < 1.29 is 4.74 Å². The van der Waals surface area contributed by atoms with E-state index in [0.29, 0.717) is 12.0 Å². The Morgan fingerprint density at radius 3 is 3.12 bits per heavy atom. The molecule has 2 heterocycles. The molecule has 1 saturated heterocycles. The van der Waals surface area contributed by atoms with Crippen LogP contribution in [0.4, 0.5) is 5.69 Å². The van der Waals surface area contributed by atoms with Crippen LogP contribution in [0.25, 0.3) is 0 Å². The largest absolute Gasteiger partial charge is 0.381 e. The molecule has 0 aliphatic carbocycles. The first-order valence-electron chi connectivity index (χ1n) is 6.04. The summed E-state index contributed by atoms with van der Waals surface area (Å²) in [6.07, 6.45) is 1.07. The second kappa shape index (κ2) is 4.26. The fourth-order valence-electron chi connectivity index (χ4n) is 3.14. The van der Waals surface area contributed by atoms with E-state index in [9.17, 15) is 0 Å². The molecule has 0 amide bonds. The standard InChI is InChI=1S/C13H17BrN2O/c1-16-11-5-6-17-7-9(11)12(15)8-3-2-4-10(14)13(8)16/h2-4,9,11-12H,5-7,15H2,1H3. The molecular formula is C13H17BrN2O. The van der Waals surface area contributed by atoms with Gasteiger partial charge in [0.15, 0.2) is 0 Å². The number of rotatable bonds is 0. The number of para-hydroxylation sites is 1. The van der Waals surface area contributed by atoms with Crippen molar-refractivity contribution >= 4 is 21.6 Å². The van der Waals surface area contributed by atoms with Crippen LogP contribution >= 0.6 is 15.9 Å². The molecule has 0 aromatic heterocycles. The van der Waals surface area contributed by atoms with Crippen molar-refractivity contribution in [1.82, 2.24) is 0 Å². The monoisotopic (exact) mass is 296 g/mol. The quantitative estimate of drug-likeness (QED) is 0.798. The molecule has 0 saturated carbocycles. The van der Waals surface area contributed by atoms with E-state index in [2.05, 4.69) is 46.1 Å². The molecular weight excluding hydrogens is 280 g/mol. The van der Waals surface area contributed by atoms with Gasteiger partial charge in [0, 0.05) is 36.1 Å². The average molecular weight is 297 g/mol. The molecule has 1 aromatic rings. The molecule has 3 nitrogen and oxygen atoms in total.